The van der Waals surface area contributed by atoms with E-state index >= 15 is 0 Å². The molecule has 0 aliphatic heterocycles. The van der Waals surface area contributed by atoms with Crippen LogP contribution in [-0.2, 0) is 0 Å². The van der Waals surface area contributed by atoms with Gasteiger partial charge < -0.3 is 45.1 Å². The van der Waals surface area contributed by atoms with Gasteiger partial charge in [-0.15, -0.1) is 0 Å². The summed E-state index contributed by atoms with van der Waals surface area (Å²) in [5.41, 5.74) is 37.1. The highest BCUT2D eigenvalue weighted by Crippen LogP contribution is 2.49. The van der Waals surface area contributed by atoms with Crippen molar-refractivity contribution in [3.63, 3.8) is 0 Å². The van der Waals surface area contributed by atoms with Crippen LogP contribution in [0.5, 0.6) is 0 Å². The minimum Gasteiger partial charge on any atom is -0.454 e. The zero-order valence-corrected chi connectivity index (χ0v) is 79.8. The van der Waals surface area contributed by atoms with Crippen LogP contribution in [-0.4, -0.2) is 27.4 Å². The minimum atomic E-state index is 0.873. The normalized spacial score (nSPS) is 12.1. The molecule has 10 aromatic heterocycles. The van der Waals surface area contributed by atoms with Crippen LogP contribution in [0.2, 0.25) is 0 Å². The van der Waals surface area contributed by atoms with Crippen molar-refractivity contribution in [2.75, 3.05) is 0 Å². The van der Waals surface area contributed by atoms with E-state index in [4.69, 9.17) is 17.7 Å². The lowest BCUT2D eigenvalue weighted by molar-refractivity contribution is 0.666. The molecular weight excluding hydrogens is 1810 g/mol. The van der Waals surface area contributed by atoms with Crippen molar-refractivity contribution >= 4 is 219 Å². The Morgan fingerprint density at radius 2 is 0.291 bits per heavy atom. The zero-order chi connectivity index (χ0) is 96.9. The first-order chi connectivity index (χ1) is 73.4. The zero-order valence-electron chi connectivity index (χ0n) is 79.8. The fourth-order valence-corrected chi connectivity index (χ4v) is 24.2. The number of aromatic nitrogens is 6. The van der Waals surface area contributed by atoms with Crippen molar-refractivity contribution in [2.24, 2.45) is 0 Å². The summed E-state index contributed by atoms with van der Waals surface area (Å²) in [4.78, 5) is 0. The fourth-order valence-electron chi connectivity index (χ4n) is 24.2. The van der Waals surface area contributed by atoms with Gasteiger partial charge in [-0.3, -0.25) is 0 Å². The van der Waals surface area contributed by atoms with E-state index in [1.54, 1.807) is 0 Å². The second-order valence-corrected chi connectivity index (χ2v) is 38.8. The number of hydrogen-bond donors (Lipinski definition) is 0. The molecule has 0 saturated carbocycles. The van der Waals surface area contributed by atoms with Crippen LogP contribution in [0.4, 0.5) is 0 Å². The summed E-state index contributed by atoms with van der Waals surface area (Å²) < 4.78 is 41.0. The number of rotatable bonds is 10. The molecular formula is C138H84N6O4. The van der Waals surface area contributed by atoms with Crippen LogP contribution in [0.3, 0.4) is 0 Å². The molecule has 0 N–H and O–H groups in total. The maximum absolute atomic E-state index is 6.78. The molecule has 690 valence electrons. The Balaban J connectivity index is 0.000000101. The van der Waals surface area contributed by atoms with E-state index in [0.717, 1.165) is 155 Å². The Labute approximate surface area is 845 Å². The van der Waals surface area contributed by atoms with E-state index in [1.165, 1.54) is 142 Å². The highest BCUT2D eigenvalue weighted by atomic mass is 16.3. The number of hydrogen-bond acceptors (Lipinski definition) is 4. The molecule has 0 saturated heterocycles. The van der Waals surface area contributed by atoms with Crippen LogP contribution in [0.25, 0.3) is 297 Å². The largest absolute Gasteiger partial charge is 0.454 e. The first-order valence-corrected chi connectivity index (χ1v) is 50.5. The summed E-state index contributed by atoms with van der Waals surface area (Å²) in [7, 11) is 0. The van der Waals surface area contributed by atoms with E-state index in [9.17, 15) is 0 Å². The molecule has 33 rings (SSSR count). The third-order valence-electron chi connectivity index (χ3n) is 30.8. The van der Waals surface area contributed by atoms with E-state index in [-0.39, 0.29) is 0 Å². The van der Waals surface area contributed by atoms with E-state index in [0.29, 0.717) is 0 Å². The van der Waals surface area contributed by atoms with Gasteiger partial charge in [-0.1, -0.05) is 334 Å². The average Bonchev–Trinajstić information content (AvgIpc) is 1.57. The summed E-state index contributed by atoms with van der Waals surface area (Å²) in [6, 6.07) is 182. The Morgan fingerprint density at radius 3 is 0.554 bits per heavy atom. The van der Waals surface area contributed by atoms with Gasteiger partial charge in [0, 0.05) is 119 Å². The van der Waals surface area contributed by atoms with Crippen LogP contribution in [0, 0.1) is 0 Å². The van der Waals surface area contributed by atoms with Crippen molar-refractivity contribution in [1.29, 1.82) is 0 Å². The SMILES string of the molecule is c1cc(-n2c3ccccc3c3ccccc32)c2oc3ccc(-c4ccc5oc6c(-n7c8ccccc8c8ccccc87)cccc6c5c4)cc3c2c1.c1ccc(-c2ccc3c(c2)c2ccccc2n3-c2ccc3oc4c(-n5c6ccccc6c6cc(-c7ccccc7)ccc65)cccc4c3c2)cc1.c1ccc(-c2ccc3c(c2)c2ccccc2n3-c2cccc3c2oc2ccc(-n4c5ccccc5c5ccccc54)cc23)cc1. The Hall–Kier alpha value is -19.9. The van der Waals surface area contributed by atoms with Crippen molar-refractivity contribution < 1.29 is 17.7 Å². The van der Waals surface area contributed by atoms with Crippen LogP contribution >= 0.6 is 0 Å². The lowest BCUT2D eigenvalue weighted by Gasteiger charge is -2.09. The molecule has 0 atom stereocenters. The van der Waals surface area contributed by atoms with Crippen LogP contribution in [0.1, 0.15) is 0 Å². The Bertz CT molecular complexity index is 10900. The van der Waals surface area contributed by atoms with Crippen molar-refractivity contribution in [1.82, 2.24) is 27.4 Å². The van der Waals surface area contributed by atoms with Gasteiger partial charge in [-0.25, -0.2) is 0 Å². The maximum Gasteiger partial charge on any atom is 0.159 e. The third-order valence-corrected chi connectivity index (χ3v) is 30.8. The fraction of sp³-hybridized carbons (Fsp3) is 0. The van der Waals surface area contributed by atoms with E-state index < -0.39 is 0 Å². The molecule has 10 heterocycles. The third kappa shape index (κ3) is 12.7. The topological polar surface area (TPSA) is 82.1 Å². The highest BCUT2D eigenvalue weighted by Gasteiger charge is 2.27. The van der Waals surface area contributed by atoms with Gasteiger partial charge in [0.15, 0.2) is 22.3 Å². The number of fused-ring (bicyclic) bond motifs is 30. The molecule has 0 aliphatic rings. The van der Waals surface area contributed by atoms with Crippen molar-refractivity contribution in [3.8, 4) is 78.6 Å². The van der Waals surface area contributed by atoms with Gasteiger partial charge in [-0.05, 0) is 220 Å². The number of furan rings is 4. The smallest absolute Gasteiger partial charge is 0.159 e. The molecule has 0 aliphatic carbocycles. The first kappa shape index (κ1) is 82.8. The Morgan fingerprint density at radius 1 is 0.108 bits per heavy atom. The van der Waals surface area contributed by atoms with Gasteiger partial charge in [0.05, 0.1) is 88.9 Å². The minimum absolute atomic E-state index is 0.873. The average molecular weight is 1890 g/mol. The van der Waals surface area contributed by atoms with Gasteiger partial charge in [-0.2, -0.15) is 0 Å². The molecule has 10 heteroatoms. The van der Waals surface area contributed by atoms with E-state index in [2.05, 4.69) is 537 Å². The van der Waals surface area contributed by atoms with Crippen LogP contribution in [0.15, 0.2) is 527 Å². The molecule has 148 heavy (non-hydrogen) atoms. The first-order valence-electron chi connectivity index (χ1n) is 50.5. The maximum atomic E-state index is 6.78. The van der Waals surface area contributed by atoms with Gasteiger partial charge in [0.2, 0.25) is 0 Å². The van der Waals surface area contributed by atoms with Crippen LogP contribution < -0.4 is 0 Å². The molecule has 23 aromatic carbocycles. The standard InChI is InChI=1S/C48H28N2O2.C48H30N2O.C42H26N2O/c1-5-17-39-31(11-1)32-12-2-6-18-40(32)49(39)43-21-9-15-35-37-27-29(23-25-45(37)51-47(35)43)30-24-26-46-38(28-30)36-16-10-22-44(48(36)52-46)50-41-19-7-3-13-33(41)34-14-4-8-20-42(34)50;1-3-12-31(13-4-1)33-22-25-44-39(28-33)36-16-7-9-19-42(36)49(44)35-24-27-47-41(30-35)38-18-11-21-46(48(38)51-47)50-43-20-10-8-17-37(43)40-29-34(23-26-45(40)50)32-14-5-2-6-15-32;1-2-11-27(12-3-1)28-21-23-39-34(25-28)32-15-6-9-19-38(32)44(39)40-20-10-16-33-35-26-29(22-24-41(35)45-42(33)40)43-36-17-7-4-13-30(36)31-14-5-8-18-37(31)43/h1-28H;1-30H;1-26H. The summed E-state index contributed by atoms with van der Waals surface area (Å²) in [5, 5.41) is 23.7. The molecule has 33 aromatic rings. The Kier molecular flexibility index (Phi) is 18.3. The molecule has 0 amide bonds. The lowest BCUT2D eigenvalue weighted by atomic mass is 10.0. The van der Waals surface area contributed by atoms with Gasteiger partial charge in [0.25, 0.3) is 0 Å². The van der Waals surface area contributed by atoms with Crippen molar-refractivity contribution in [2.45, 2.75) is 0 Å². The summed E-state index contributed by atoms with van der Waals surface area (Å²) >= 11 is 0. The molecule has 0 radical (unpaired) electrons. The quantitative estimate of drug-likeness (QED) is 0.137. The number of para-hydroxylation sites is 13. The molecule has 10 nitrogen and oxygen atoms in total. The molecule has 0 spiro atoms. The monoisotopic (exact) mass is 1890 g/mol. The summed E-state index contributed by atoms with van der Waals surface area (Å²) in [6.07, 6.45) is 0. The number of benzene rings is 23. The summed E-state index contributed by atoms with van der Waals surface area (Å²) in [6.45, 7) is 0. The summed E-state index contributed by atoms with van der Waals surface area (Å²) in [5.74, 6) is 0. The second kappa shape index (κ2) is 32.8. The molecule has 0 bridgehead atoms. The van der Waals surface area contributed by atoms with Crippen molar-refractivity contribution in [3.05, 3.63) is 510 Å². The predicted molar refractivity (Wildman–Crippen MR) is 616 cm³/mol. The van der Waals surface area contributed by atoms with Gasteiger partial charge >= 0.3 is 0 Å². The van der Waals surface area contributed by atoms with Gasteiger partial charge in [0.1, 0.15) is 22.3 Å². The highest BCUT2D eigenvalue weighted by molar-refractivity contribution is 6.21. The second-order valence-electron chi connectivity index (χ2n) is 38.8. The molecule has 0 unspecified atom stereocenters. The number of nitrogens with zero attached hydrogens (tertiary/aromatic N) is 6. The molecule has 0 fully saturated rings. The van der Waals surface area contributed by atoms with E-state index in [1.807, 2.05) is 0 Å². The predicted octanol–water partition coefficient (Wildman–Crippen LogP) is 37.9. The lowest BCUT2D eigenvalue weighted by Crippen LogP contribution is -1.94.